The van der Waals surface area contributed by atoms with Gasteiger partial charge in [-0.05, 0) is 19.9 Å². The molecule has 2 saturated heterocycles. The third-order valence-electron chi connectivity index (χ3n) is 9.47. The summed E-state index contributed by atoms with van der Waals surface area (Å²) in [7, 11) is 1.34. The van der Waals surface area contributed by atoms with Gasteiger partial charge in [0.2, 0.25) is 5.78 Å². The Morgan fingerprint density at radius 2 is 1.89 bits per heavy atom. The fourth-order valence-electron chi connectivity index (χ4n) is 7.06. The Hall–Kier alpha value is -3.90. The van der Waals surface area contributed by atoms with Gasteiger partial charge in [0, 0.05) is 48.5 Å². The molecule has 13 nitrogen and oxygen atoms in total. The van der Waals surface area contributed by atoms with Gasteiger partial charge >= 0.3 is 0 Å². The van der Waals surface area contributed by atoms with Crippen LogP contribution in [0.5, 0.6) is 17.2 Å². The molecule has 2 aromatic rings. The van der Waals surface area contributed by atoms with Crippen molar-refractivity contribution in [2.75, 3.05) is 26.9 Å². The van der Waals surface area contributed by atoms with E-state index in [9.17, 15) is 40.1 Å². The minimum absolute atomic E-state index is 0.0279. The molecule has 0 saturated carbocycles. The number of fused-ring (bicyclic) bond motifs is 3. The molecule has 2 aromatic carbocycles. The first-order valence-electron chi connectivity index (χ1n) is 14.7. The average Bonchev–Trinajstić information content (AvgIpc) is 3.02. The number of ether oxygens (including phenoxy) is 4. The SMILES string of the molecule is COc1cccc2c1C(=O)c1c(O)c3c(c(O)c1C2=O)C[C@@](O)(C(C)=O)CC3OC1CC(N2CCOCC2C#N)C(O)C(C)O1. The van der Waals surface area contributed by atoms with Gasteiger partial charge < -0.3 is 39.4 Å². The second kappa shape index (κ2) is 11.5. The van der Waals surface area contributed by atoms with Crippen LogP contribution >= 0.6 is 0 Å². The average molecular weight is 623 g/mol. The molecule has 2 aliphatic carbocycles. The molecule has 45 heavy (non-hydrogen) atoms. The van der Waals surface area contributed by atoms with Crippen molar-refractivity contribution in [2.45, 2.75) is 75.4 Å². The van der Waals surface area contributed by atoms with Crippen LogP contribution in [0.4, 0.5) is 0 Å². The Balaban J connectivity index is 1.44. The summed E-state index contributed by atoms with van der Waals surface area (Å²) in [6.07, 6.45) is -4.80. The molecule has 6 rings (SSSR count). The molecule has 0 bridgehead atoms. The lowest BCUT2D eigenvalue weighted by atomic mass is 9.72. The number of hydrogen-bond donors (Lipinski definition) is 4. The number of ketones is 3. The van der Waals surface area contributed by atoms with Crippen molar-refractivity contribution in [1.29, 1.82) is 5.26 Å². The number of aliphatic hydroxyl groups is 2. The summed E-state index contributed by atoms with van der Waals surface area (Å²) < 4.78 is 23.1. The molecular weight excluding hydrogens is 588 g/mol. The van der Waals surface area contributed by atoms with E-state index in [1.807, 2.05) is 4.90 Å². The normalized spacial score (nSPS) is 31.4. The summed E-state index contributed by atoms with van der Waals surface area (Å²) in [6, 6.07) is 5.44. The molecule has 0 amide bonds. The molecule has 2 heterocycles. The van der Waals surface area contributed by atoms with Crippen molar-refractivity contribution < 1.29 is 53.8 Å². The van der Waals surface area contributed by atoms with Crippen LogP contribution < -0.4 is 4.74 Å². The van der Waals surface area contributed by atoms with Crippen molar-refractivity contribution in [3.8, 4) is 23.3 Å². The lowest BCUT2D eigenvalue weighted by Gasteiger charge is -2.47. The summed E-state index contributed by atoms with van der Waals surface area (Å²) >= 11 is 0. The Bertz CT molecular complexity index is 1630. The number of Topliss-reactive ketones (excluding diaryl/α,β-unsaturated/α-hetero) is 1. The molecule has 0 radical (unpaired) electrons. The number of aromatic hydroxyl groups is 2. The molecule has 2 aliphatic heterocycles. The molecule has 6 unspecified atom stereocenters. The fourth-order valence-corrected chi connectivity index (χ4v) is 7.06. The molecule has 0 spiro atoms. The van der Waals surface area contributed by atoms with Crippen LogP contribution in [0.1, 0.15) is 75.8 Å². The largest absolute Gasteiger partial charge is 0.507 e. The number of nitriles is 1. The highest BCUT2D eigenvalue weighted by Gasteiger charge is 2.50. The third-order valence-corrected chi connectivity index (χ3v) is 9.47. The van der Waals surface area contributed by atoms with Gasteiger partial charge in [0.15, 0.2) is 17.9 Å². The summed E-state index contributed by atoms with van der Waals surface area (Å²) in [4.78, 5) is 42.1. The van der Waals surface area contributed by atoms with Gasteiger partial charge in [0.1, 0.15) is 28.9 Å². The van der Waals surface area contributed by atoms with Crippen molar-refractivity contribution in [3.63, 3.8) is 0 Å². The van der Waals surface area contributed by atoms with Crippen LogP contribution in [0, 0.1) is 11.3 Å². The number of morpholine rings is 1. The molecule has 0 aromatic heterocycles. The standard InChI is InChI=1S/C32H34N2O11/c1-14-27(36)19(34-7-8-43-13-16(34)12-33)9-22(44-14)45-21-11-32(41,15(2)35)10-18-24(21)31(40)26-25(29(18)38)28(37)17-5-4-6-20(42-3)23(17)30(26)39/h4-6,14,16,19,21-22,27,36,38,40-41H,7-11,13H2,1-3H3/t14?,16?,19?,21?,22?,27?,32-/m0/s1. The minimum atomic E-state index is -2.05. The Labute approximate surface area is 258 Å². The van der Waals surface area contributed by atoms with Crippen LogP contribution in [0.2, 0.25) is 0 Å². The smallest absolute Gasteiger partial charge is 0.202 e. The number of carbonyl (C=O) groups excluding carboxylic acids is 3. The van der Waals surface area contributed by atoms with Gasteiger partial charge in [0.05, 0.1) is 61.4 Å². The topological polar surface area (TPSA) is 196 Å². The maximum atomic E-state index is 13.8. The molecule has 4 aliphatic rings. The predicted molar refractivity (Wildman–Crippen MR) is 153 cm³/mol. The zero-order valence-corrected chi connectivity index (χ0v) is 25.0. The first-order valence-corrected chi connectivity index (χ1v) is 14.7. The quantitative estimate of drug-likeness (QED) is 0.298. The third kappa shape index (κ3) is 4.89. The van der Waals surface area contributed by atoms with Crippen LogP contribution in [-0.4, -0.2) is 106 Å². The van der Waals surface area contributed by atoms with Crippen LogP contribution in [0.15, 0.2) is 18.2 Å². The highest BCUT2D eigenvalue weighted by atomic mass is 16.7. The highest BCUT2D eigenvalue weighted by Crippen LogP contribution is 2.52. The zero-order chi connectivity index (χ0) is 32.4. The van der Waals surface area contributed by atoms with E-state index < -0.39 is 88.7 Å². The van der Waals surface area contributed by atoms with E-state index in [0.29, 0.717) is 13.2 Å². The summed E-state index contributed by atoms with van der Waals surface area (Å²) in [5.41, 5.74) is -3.19. The number of phenolic OH excluding ortho intramolecular Hbond substituents is 2. The van der Waals surface area contributed by atoms with Crippen molar-refractivity contribution in [3.05, 3.63) is 51.6 Å². The lowest BCUT2D eigenvalue weighted by Crippen LogP contribution is -2.60. The van der Waals surface area contributed by atoms with E-state index in [1.165, 1.54) is 32.2 Å². The van der Waals surface area contributed by atoms with Crippen molar-refractivity contribution in [1.82, 2.24) is 4.90 Å². The predicted octanol–water partition coefficient (Wildman–Crippen LogP) is 1.29. The van der Waals surface area contributed by atoms with Crippen LogP contribution in [0.3, 0.4) is 0 Å². The van der Waals surface area contributed by atoms with E-state index in [1.54, 1.807) is 6.92 Å². The number of carbonyl (C=O) groups is 3. The van der Waals surface area contributed by atoms with Crippen molar-refractivity contribution >= 4 is 17.3 Å². The Morgan fingerprint density at radius 3 is 2.58 bits per heavy atom. The van der Waals surface area contributed by atoms with E-state index >= 15 is 0 Å². The summed E-state index contributed by atoms with van der Waals surface area (Å²) in [5, 5.41) is 55.4. The summed E-state index contributed by atoms with van der Waals surface area (Å²) in [6.45, 7) is 3.74. The first kappa shape index (κ1) is 31.1. The van der Waals surface area contributed by atoms with E-state index in [2.05, 4.69) is 6.07 Å². The number of methoxy groups -OCH3 is 1. The molecular formula is C32H34N2O11. The second-order valence-corrected chi connectivity index (χ2v) is 12.0. The number of benzene rings is 2. The zero-order valence-electron chi connectivity index (χ0n) is 25.0. The number of aliphatic hydroxyl groups excluding tert-OH is 1. The Kier molecular flexibility index (Phi) is 7.93. The van der Waals surface area contributed by atoms with Gasteiger partial charge in [0.25, 0.3) is 0 Å². The minimum Gasteiger partial charge on any atom is -0.507 e. The second-order valence-electron chi connectivity index (χ2n) is 12.0. The fraction of sp³-hybridized carbons (Fsp3) is 0.500. The number of hydrogen-bond acceptors (Lipinski definition) is 13. The molecule has 13 heteroatoms. The van der Waals surface area contributed by atoms with Gasteiger partial charge in [-0.1, -0.05) is 12.1 Å². The lowest BCUT2D eigenvalue weighted by molar-refractivity contribution is -0.262. The van der Waals surface area contributed by atoms with E-state index in [0.717, 1.165) is 0 Å². The van der Waals surface area contributed by atoms with Gasteiger partial charge in [-0.15, -0.1) is 0 Å². The van der Waals surface area contributed by atoms with Crippen molar-refractivity contribution in [2.24, 2.45) is 0 Å². The number of phenols is 2. The number of rotatable bonds is 5. The van der Waals surface area contributed by atoms with Crippen LogP contribution in [-0.2, 0) is 25.4 Å². The maximum Gasteiger partial charge on any atom is 0.202 e. The van der Waals surface area contributed by atoms with E-state index in [-0.39, 0.29) is 47.5 Å². The van der Waals surface area contributed by atoms with Crippen LogP contribution in [0.25, 0.3) is 0 Å². The molecule has 238 valence electrons. The monoisotopic (exact) mass is 622 g/mol. The number of nitrogens with zero attached hydrogens (tertiary/aromatic N) is 2. The summed E-state index contributed by atoms with van der Waals surface area (Å²) in [5.74, 6) is -3.27. The van der Waals surface area contributed by atoms with Gasteiger partial charge in [-0.25, -0.2) is 0 Å². The molecule has 2 fully saturated rings. The van der Waals surface area contributed by atoms with E-state index in [4.69, 9.17) is 18.9 Å². The first-order chi connectivity index (χ1) is 21.4. The maximum absolute atomic E-state index is 13.8. The molecule has 4 N–H and O–H groups in total. The Morgan fingerprint density at radius 1 is 1.16 bits per heavy atom. The highest BCUT2D eigenvalue weighted by molar-refractivity contribution is 6.31. The molecule has 7 atom stereocenters. The van der Waals surface area contributed by atoms with Gasteiger partial charge in [-0.3, -0.25) is 19.3 Å². The van der Waals surface area contributed by atoms with Gasteiger partial charge in [-0.2, -0.15) is 5.26 Å².